The summed E-state index contributed by atoms with van der Waals surface area (Å²) in [5, 5.41) is 13.4. The lowest BCUT2D eigenvalue weighted by Crippen LogP contribution is -2.38. The highest BCUT2D eigenvalue weighted by atomic mass is 127. The fourth-order valence-electron chi connectivity index (χ4n) is 2.42. The Morgan fingerprint density at radius 2 is 2.25 bits per heavy atom. The molecule has 24 heavy (non-hydrogen) atoms. The minimum Gasteiger partial charge on any atom is -0.381 e. The fourth-order valence-corrected chi connectivity index (χ4v) is 2.42. The number of ether oxygens (including phenoxy) is 2. The maximum absolute atomic E-state index is 5.76. The molecule has 0 bridgehead atoms. The van der Waals surface area contributed by atoms with Crippen molar-refractivity contribution in [2.24, 2.45) is 10.9 Å². The largest absolute Gasteiger partial charge is 0.381 e. The molecular formula is C16H30IN5O2. The van der Waals surface area contributed by atoms with Gasteiger partial charge in [-0.2, -0.15) is 5.10 Å². The van der Waals surface area contributed by atoms with E-state index in [4.69, 9.17) is 9.47 Å². The predicted molar refractivity (Wildman–Crippen MR) is 106 cm³/mol. The van der Waals surface area contributed by atoms with Crippen LogP contribution in [0, 0.1) is 5.92 Å². The minimum absolute atomic E-state index is 0. The van der Waals surface area contributed by atoms with Crippen LogP contribution in [0.4, 0.5) is 0 Å². The second-order valence-electron chi connectivity index (χ2n) is 5.69. The molecule has 0 spiro atoms. The molecule has 0 atom stereocenters. The van der Waals surface area contributed by atoms with Gasteiger partial charge in [0.1, 0.15) is 0 Å². The zero-order valence-corrected chi connectivity index (χ0v) is 16.8. The van der Waals surface area contributed by atoms with E-state index in [9.17, 15) is 0 Å². The maximum atomic E-state index is 5.76. The van der Waals surface area contributed by atoms with Crippen molar-refractivity contribution in [1.29, 1.82) is 0 Å². The fraction of sp³-hybridized carbons (Fsp3) is 0.750. The number of nitrogens with zero attached hydrogens (tertiary/aromatic N) is 2. The number of nitrogens with one attached hydrogen (secondary N) is 3. The summed E-state index contributed by atoms with van der Waals surface area (Å²) in [5.74, 6) is 1.50. The van der Waals surface area contributed by atoms with Crippen molar-refractivity contribution in [3.63, 3.8) is 0 Å². The van der Waals surface area contributed by atoms with Crippen molar-refractivity contribution in [3.05, 3.63) is 18.0 Å². The quantitative estimate of drug-likeness (QED) is 0.231. The van der Waals surface area contributed by atoms with Gasteiger partial charge in [-0.15, -0.1) is 24.0 Å². The molecule has 1 aliphatic heterocycles. The lowest BCUT2D eigenvalue weighted by atomic mass is 10.0. The predicted octanol–water partition coefficient (Wildman–Crippen LogP) is 1.92. The van der Waals surface area contributed by atoms with Gasteiger partial charge in [0, 0.05) is 45.7 Å². The Balaban J connectivity index is 0.00000288. The molecule has 1 saturated heterocycles. The topological polar surface area (TPSA) is 83.6 Å². The highest BCUT2D eigenvalue weighted by Gasteiger charge is 2.13. The zero-order valence-electron chi connectivity index (χ0n) is 14.4. The molecule has 7 nitrogen and oxygen atoms in total. The molecule has 1 aromatic heterocycles. The maximum Gasteiger partial charge on any atom is 0.191 e. The van der Waals surface area contributed by atoms with E-state index in [1.807, 2.05) is 6.07 Å². The van der Waals surface area contributed by atoms with Gasteiger partial charge in [0.25, 0.3) is 0 Å². The van der Waals surface area contributed by atoms with Crippen LogP contribution in [-0.4, -0.2) is 55.7 Å². The van der Waals surface area contributed by atoms with E-state index in [0.29, 0.717) is 12.5 Å². The minimum atomic E-state index is 0. The van der Waals surface area contributed by atoms with E-state index >= 15 is 0 Å². The van der Waals surface area contributed by atoms with Gasteiger partial charge in [-0.3, -0.25) is 5.10 Å². The molecule has 1 aromatic rings. The number of aliphatic imine (C=N–C) groups is 1. The molecule has 1 fully saturated rings. The molecule has 0 aliphatic carbocycles. The Morgan fingerprint density at radius 3 is 2.96 bits per heavy atom. The Hall–Kier alpha value is -0.870. The first-order valence-electron chi connectivity index (χ1n) is 8.54. The van der Waals surface area contributed by atoms with Crippen molar-refractivity contribution >= 4 is 29.9 Å². The van der Waals surface area contributed by atoms with E-state index in [0.717, 1.165) is 70.4 Å². The van der Waals surface area contributed by atoms with Gasteiger partial charge < -0.3 is 20.1 Å². The number of H-pyrrole nitrogens is 1. The second-order valence-corrected chi connectivity index (χ2v) is 5.69. The van der Waals surface area contributed by atoms with Crippen LogP contribution in [0.5, 0.6) is 0 Å². The number of guanidine groups is 1. The molecule has 2 heterocycles. The highest BCUT2D eigenvalue weighted by molar-refractivity contribution is 14.0. The monoisotopic (exact) mass is 451 g/mol. The average Bonchev–Trinajstić information content (AvgIpc) is 3.10. The zero-order chi connectivity index (χ0) is 16.2. The normalized spacial score (nSPS) is 15.8. The molecule has 8 heteroatoms. The molecule has 0 saturated carbocycles. The van der Waals surface area contributed by atoms with Crippen LogP contribution in [0.25, 0.3) is 0 Å². The standard InChI is InChI=1S/C16H29N5O2.HI/c1-2-17-16(19-12-15-4-8-20-21-15)18-7-3-9-23-13-14-5-10-22-11-6-14;/h4,8,14H,2-3,5-7,9-13H2,1H3,(H,20,21)(H2,17,18,19);1H. The molecule has 3 N–H and O–H groups in total. The lowest BCUT2D eigenvalue weighted by Gasteiger charge is -2.21. The summed E-state index contributed by atoms with van der Waals surface area (Å²) in [6.07, 6.45) is 4.96. The van der Waals surface area contributed by atoms with Crippen molar-refractivity contribution in [1.82, 2.24) is 20.8 Å². The first kappa shape index (κ1) is 21.2. The summed E-state index contributed by atoms with van der Waals surface area (Å²) in [7, 11) is 0. The molecule has 0 amide bonds. The second kappa shape index (κ2) is 13.4. The number of aromatic amines is 1. The van der Waals surface area contributed by atoms with Crippen molar-refractivity contribution in [2.75, 3.05) is 39.5 Å². The van der Waals surface area contributed by atoms with Gasteiger partial charge in [-0.05, 0) is 38.2 Å². The number of aromatic nitrogens is 2. The summed E-state index contributed by atoms with van der Waals surface area (Å²) in [4.78, 5) is 4.52. The Bertz CT molecular complexity index is 436. The van der Waals surface area contributed by atoms with Crippen LogP contribution in [0.15, 0.2) is 17.3 Å². The molecule has 0 unspecified atom stereocenters. The van der Waals surface area contributed by atoms with Crippen molar-refractivity contribution in [2.45, 2.75) is 32.7 Å². The number of rotatable bonds is 9. The first-order valence-corrected chi connectivity index (χ1v) is 8.54. The highest BCUT2D eigenvalue weighted by Crippen LogP contribution is 2.14. The summed E-state index contributed by atoms with van der Waals surface area (Å²) in [5.41, 5.74) is 1.00. The van der Waals surface area contributed by atoms with Crippen molar-refractivity contribution in [3.8, 4) is 0 Å². The first-order chi connectivity index (χ1) is 11.4. The van der Waals surface area contributed by atoms with Gasteiger partial charge in [0.05, 0.1) is 12.2 Å². The smallest absolute Gasteiger partial charge is 0.191 e. The van der Waals surface area contributed by atoms with Gasteiger partial charge in [-0.1, -0.05) is 0 Å². The number of hydrogen-bond acceptors (Lipinski definition) is 4. The van der Waals surface area contributed by atoms with Crippen LogP contribution in [0.1, 0.15) is 31.9 Å². The van der Waals surface area contributed by atoms with E-state index in [2.05, 4.69) is 32.7 Å². The molecule has 1 aliphatic rings. The third kappa shape index (κ3) is 8.84. The summed E-state index contributed by atoms with van der Waals surface area (Å²) < 4.78 is 11.1. The third-order valence-corrected chi connectivity index (χ3v) is 3.76. The summed E-state index contributed by atoms with van der Waals surface area (Å²) >= 11 is 0. The van der Waals surface area contributed by atoms with Crippen molar-refractivity contribution < 1.29 is 9.47 Å². The average molecular weight is 451 g/mol. The molecule has 0 radical (unpaired) electrons. The van der Waals surface area contributed by atoms with Crippen LogP contribution >= 0.6 is 24.0 Å². The van der Waals surface area contributed by atoms with Crippen LogP contribution < -0.4 is 10.6 Å². The van der Waals surface area contributed by atoms with Crippen LogP contribution in [0.2, 0.25) is 0 Å². The van der Waals surface area contributed by atoms with Crippen LogP contribution in [0.3, 0.4) is 0 Å². The van der Waals surface area contributed by atoms with E-state index in [1.54, 1.807) is 6.20 Å². The summed E-state index contributed by atoms with van der Waals surface area (Å²) in [6, 6.07) is 1.93. The molecule has 2 rings (SSSR count). The Kier molecular flexibility index (Phi) is 11.8. The van der Waals surface area contributed by atoms with E-state index < -0.39 is 0 Å². The van der Waals surface area contributed by atoms with Crippen LogP contribution in [-0.2, 0) is 16.0 Å². The van der Waals surface area contributed by atoms with E-state index in [-0.39, 0.29) is 24.0 Å². The van der Waals surface area contributed by atoms with Gasteiger partial charge >= 0.3 is 0 Å². The van der Waals surface area contributed by atoms with Gasteiger partial charge in [-0.25, -0.2) is 4.99 Å². The molecular weight excluding hydrogens is 421 g/mol. The van der Waals surface area contributed by atoms with E-state index in [1.165, 1.54) is 0 Å². The third-order valence-electron chi connectivity index (χ3n) is 3.76. The molecule has 138 valence electrons. The Labute approximate surface area is 161 Å². The van der Waals surface area contributed by atoms with Gasteiger partial charge in [0.2, 0.25) is 0 Å². The number of hydrogen-bond donors (Lipinski definition) is 3. The lowest BCUT2D eigenvalue weighted by molar-refractivity contribution is 0.0203. The summed E-state index contributed by atoms with van der Waals surface area (Å²) in [6.45, 7) is 7.75. The Morgan fingerprint density at radius 1 is 1.42 bits per heavy atom. The van der Waals surface area contributed by atoms with Gasteiger partial charge in [0.15, 0.2) is 5.96 Å². The molecule has 0 aromatic carbocycles. The SMILES string of the molecule is CCNC(=NCc1ccn[nH]1)NCCCOCC1CCOCC1.I. The number of halogens is 1.